The smallest absolute Gasteiger partial charge is 0.00837 e. The molecule has 0 aliphatic carbocycles. The first-order chi connectivity index (χ1) is 6.46. The second-order valence-electron chi connectivity index (χ2n) is 4.54. The molecule has 0 aromatic heterocycles. The molecule has 0 spiro atoms. The van der Waals surface area contributed by atoms with E-state index in [0.717, 1.165) is 6.42 Å². The highest BCUT2D eigenvalue weighted by Crippen LogP contribution is 2.35. The summed E-state index contributed by atoms with van der Waals surface area (Å²) in [7, 11) is 0. The lowest BCUT2D eigenvalue weighted by atomic mass is 9.74. The van der Waals surface area contributed by atoms with Crippen LogP contribution in [0.3, 0.4) is 0 Å². The van der Waals surface area contributed by atoms with Gasteiger partial charge in [-0.15, -0.1) is 0 Å². The fourth-order valence-corrected chi connectivity index (χ4v) is 1.27. The Morgan fingerprint density at radius 3 is 2.29 bits per heavy atom. The van der Waals surface area contributed by atoms with Crippen LogP contribution < -0.4 is 0 Å². The van der Waals surface area contributed by atoms with E-state index < -0.39 is 0 Å². The summed E-state index contributed by atoms with van der Waals surface area (Å²) in [6, 6.07) is 0. The van der Waals surface area contributed by atoms with Crippen molar-refractivity contribution in [2.45, 2.75) is 41.0 Å². The van der Waals surface area contributed by atoms with E-state index in [1.807, 2.05) is 12.2 Å². The zero-order chi connectivity index (χ0) is 11.2. The first-order valence-electron chi connectivity index (χ1n) is 5.46. The van der Waals surface area contributed by atoms with Crippen LogP contribution in [-0.2, 0) is 0 Å². The van der Waals surface area contributed by atoms with Gasteiger partial charge in [0.05, 0.1) is 0 Å². The van der Waals surface area contributed by atoms with Gasteiger partial charge in [-0.1, -0.05) is 65.5 Å². The molecule has 0 N–H and O–H groups in total. The van der Waals surface area contributed by atoms with E-state index in [-0.39, 0.29) is 5.41 Å². The van der Waals surface area contributed by atoms with Gasteiger partial charge in [0.15, 0.2) is 0 Å². The minimum atomic E-state index is 0.246. The van der Waals surface area contributed by atoms with Crippen LogP contribution in [0.1, 0.15) is 41.0 Å². The summed E-state index contributed by atoms with van der Waals surface area (Å²) in [6.45, 7) is 15.0. The molecule has 0 saturated heterocycles. The Labute approximate surface area is 89.4 Å². The maximum absolute atomic E-state index is 3.71. The van der Waals surface area contributed by atoms with E-state index >= 15 is 0 Å². The molecule has 0 nitrogen and oxygen atoms in total. The van der Waals surface area contributed by atoms with Crippen LogP contribution in [0.25, 0.3) is 0 Å². The van der Waals surface area contributed by atoms with Crippen molar-refractivity contribution in [2.24, 2.45) is 11.3 Å². The summed E-state index contributed by atoms with van der Waals surface area (Å²) in [5, 5.41) is 0. The fraction of sp³-hybridized carbons (Fsp3) is 0.571. The zero-order valence-electron chi connectivity index (χ0n) is 10.3. The molecule has 0 bridgehead atoms. The largest absolute Gasteiger partial charge is 0.0991 e. The van der Waals surface area contributed by atoms with Crippen LogP contribution >= 0.6 is 0 Å². The minimum absolute atomic E-state index is 0.246. The standard InChI is InChI=1S/C14H24/c1-7-9-11-13(10-8-2)14(5,6)12(3)4/h7,9-12H,1,8H2,2-6H3/b11-9-,13-10+. The molecular weight excluding hydrogens is 168 g/mol. The molecule has 0 unspecified atom stereocenters. The van der Waals surface area contributed by atoms with Crippen molar-refractivity contribution < 1.29 is 0 Å². The fourth-order valence-electron chi connectivity index (χ4n) is 1.27. The molecule has 0 heteroatoms. The summed E-state index contributed by atoms with van der Waals surface area (Å²) >= 11 is 0. The second-order valence-corrected chi connectivity index (χ2v) is 4.54. The Balaban J connectivity index is 4.91. The van der Waals surface area contributed by atoms with Crippen LogP contribution in [0.5, 0.6) is 0 Å². The lowest BCUT2D eigenvalue weighted by Crippen LogP contribution is -2.21. The van der Waals surface area contributed by atoms with E-state index in [9.17, 15) is 0 Å². The molecule has 0 amide bonds. The van der Waals surface area contributed by atoms with Crippen molar-refractivity contribution in [3.8, 4) is 0 Å². The predicted molar refractivity (Wildman–Crippen MR) is 66.3 cm³/mol. The Bertz CT molecular complexity index is 226. The Kier molecular flexibility index (Phi) is 5.52. The van der Waals surface area contributed by atoms with E-state index in [1.165, 1.54) is 5.57 Å². The lowest BCUT2D eigenvalue weighted by Gasteiger charge is -2.31. The molecule has 0 aliphatic heterocycles. The second kappa shape index (κ2) is 5.85. The molecule has 14 heavy (non-hydrogen) atoms. The summed E-state index contributed by atoms with van der Waals surface area (Å²) in [5.41, 5.74) is 1.66. The lowest BCUT2D eigenvalue weighted by molar-refractivity contribution is 0.316. The van der Waals surface area contributed by atoms with Gasteiger partial charge in [-0.25, -0.2) is 0 Å². The van der Waals surface area contributed by atoms with Crippen LogP contribution in [0.4, 0.5) is 0 Å². The molecule has 0 saturated carbocycles. The van der Waals surface area contributed by atoms with Gasteiger partial charge in [-0.2, -0.15) is 0 Å². The molecule has 0 rings (SSSR count). The topological polar surface area (TPSA) is 0 Å². The van der Waals surface area contributed by atoms with E-state index in [1.54, 1.807) is 0 Å². The molecule has 0 fully saturated rings. The molecule has 0 atom stereocenters. The SMILES string of the molecule is C=C/C=C\C(=C/CC)C(C)(C)C(C)C. The van der Waals surface area contributed by atoms with Crippen molar-refractivity contribution in [1.29, 1.82) is 0 Å². The van der Waals surface area contributed by atoms with Gasteiger partial charge < -0.3 is 0 Å². The quantitative estimate of drug-likeness (QED) is 0.551. The van der Waals surface area contributed by atoms with Crippen LogP contribution in [0.2, 0.25) is 0 Å². The van der Waals surface area contributed by atoms with Gasteiger partial charge >= 0.3 is 0 Å². The number of hydrogen-bond acceptors (Lipinski definition) is 0. The molecular formula is C14H24. The summed E-state index contributed by atoms with van der Waals surface area (Å²) in [6.07, 6.45) is 9.43. The van der Waals surface area contributed by atoms with Gasteiger partial charge in [-0.05, 0) is 23.3 Å². The van der Waals surface area contributed by atoms with Crippen molar-refractivity contribution >= 4 is 0 Å². The van der Waals surface area contributed by atoms with E-state index in [2.05, 4.69) is 53.3 Å². The summed E-state index contributed by atoms with van der Waals surface area (Å²) in [4.78, 5) is 0. The Morgan fingerprint density at radius 2 is 1.93 bits per heavy atom. The third-order valence-corrected chi connectivity index (χ3v) is 3.02. The highest BCUT2D eigenvalue weighted by atomic mass is 14.3. The molecule has 0 aromatic rings. The number of rotatable bonds is 5. The van der Waals surface area contributed by atoms with Gasteiger partial charge in [0.1, 0.15) is 0 Å². The summed E-state index contributed by atoms with van der Waals surface area (Å²) in [5.74, 6) is 0.648. The maximum Gasteiger partial charge on any atom is -0.00837 e. The third kappa shape index (κ3) is 3.53. The first kappa shape index (κ1) is 13.2. The van der Waals surface area contributed by atoms with Gasteiger partial charge in [0.25, 0.3) is 0 Å². The normalized spacial score (nSPS) is 14.0. The van der Waals surface area contributed by atoms with Crippen LogP contribution in [0.15, 0.2) is 36.5 Å². The van der Waals surface area contributed by atoms with Crippen LogP contribution in [-0.4, -0.2) is 0 Å². The van der Waals surface area contributed by atoms with Crippen LogP contribution in [0, 0.1) is 11.3 Å². The van der Waals surface area contributed by atoms with Gasteiger partial charge in [0.2, 0.25) is 0 Å². The molecule has 0 aliphatic rings. The monoisotopic (exact) mass is 192 g/mol. The average molecular weight is 192 g/mol. The molecule has 0 heterocycles. The Hall–Kier alpha value is -0.780. The van der Waals surface area contributed by atoms with Crippen molar-refractivity contribution in [3.63, 3.8) is 0 Å². The average Bonchev–Trinajstić information content (AvgIpc) is 2.11. The van der Waals surface area contributed by atoms with Gasteiger partial charge in [0, 0.05) is 0 Å². The number of allylic oxidation sites excluding steroid dienone is 5. The third-order valence-electron chi connectivity index (χ3n) is 3.02. The zero-order valence-corrected chi connectivity index (χ0v) is 10.3. The highest BCUT2D eigenvalue weighted by Gasteiger charge is 2.24. The molecule has 80 valence electrons. The van der Waals surface area contributed by atoms with Gasteiger partial charge in [-0.3, -0.25) is 0 Å². The van der Waals surface area contributed by atoms with E-state index in [4.69, 9.17) is 0 Å². The first-order valence-corrected chi connectivity index (χ1v) is 5.46. The van der Waals surface area contributed by atoms with Crippen molar-refractivity contribution in [1.82, 2.24) is 0 Å². The summed E-state index contributed by atoms with van der Waals surface area (Å²) < 4.78 is 0. The minimum Gasteiger partial charge on any atom is -0.0991 e. The number of hydrogen-bond donors (Lipinski definition) is 0. The van der Waals surface area contributed by atoms with Crippen molar-refractivity contribution in [3.05, 3.63) is 36.5 Å². The maximum atomic E-state index is 3.71. The molecule has 0 aromatic carbocycles. The van der Waals surface area contributed by atoms with Crippen molar-refractivity contribution in [2.75, 3.05) is 0 Å². The predicted octanol–water partition coefficient (Wildman–Crippen LogP) is 4.75. The molecule has 0 radical (unpaired) electrons. The Morgan fingerprint density at radius 1 is 1.36 bits per heavy atom. The van der Waals surface area contributed by atoms with E-state index in [0.29, 0.717) is 5.92 Å². The highest BCUT2D eigenvalue weighted by molar-refractivity contribution is 5.28.